The van der Waals surface area contributed by atoms with E-state index in [1.54, 1.807) is 10.8 Å². The SMILES string of the molecule is COC(=O)C1=Cc2c(-c3ccccc3)nnn2C1. The first-order valence-corrected chi connectivity index (χ1v) is 5.57. The molecular weight excluding hydrogens is 230 g/mol. The predicted octanol–water partition coefficient (Wildman–Crippen LogP) is 1.52. The lowest BCUT2D eigenvalue weighted by atomic mass is 10.1. The van der Waals surface area contributed by atoms with Gasteiger partial charge >= 0.3 is 5.97 Å². The number of ether oxygens (including phenoxy) is 1. The minimum absolute atomic E-state index is 0.320. The van der Waals surface area contributed by atoms with Crippen molar-refractivity contribution in [1.82, 2.24) is 15.0 Å². The molecule has 5 heteroatoms. The van der Waals surface area contributed by atoms with Crippen LogP contribution >= 0.6 is 0 Å². The number of esters is 1. The molecule has 1 aliphatic heterocycles. The monoisotopic (exact) mass is 241 g/mol. The van der Waals surface area contributed by atoms with Crippen molar-refractivity contribution in [3.05, 3.63) is 41.6 Å². The molecule has 2 aromatic rings. The van der Waals surface area contributed by atoms with Gasteiger partial charge in [0.25, 0.3) is 0 Å². The highest BCUT2D eigenvalue weighted by molar-refractivity contribution is 5.95. The number of carbonyl (C=O) groups excluding carboxylic acids is 1. The molecule has 0 radical (unpaired) electrons. The van der Waals surface area contributed by atoms with E-state index in [0.717, 1.165) is 17.0 Å². The first kappa shape index (κ1) is 10.7. The summed E-state index contributed by atoms with van der Waals surface area (Å²) in [7, 11) is 1.38. The molecule has 1 aromatic carbocycles. The topological polar surface area (TPSA) is 57.0 Å². The zero-order valence-electron chi connectivity index (χ0n) is 9.83. The first-order valence-electron chi connectivity index (χ1n) is 5.57. The molecule has 0 atom stereocenters. The Labute approximate surface area is 104 Å². The van der Waals surface area contributed by atoms with Gasteiger partial charge in [-0.1, -0.05) is 35.5 Å². The zero-order valence-corrected chi connectivity index (χ0v) is 9.83. The van der Waals surface area contributed by atoms with E-state index in [1.165, 1.54) is 7.11 Å². The van der Waals surface area contributed by atoms with Crippen LogP contribution in [0.3, 0.4) is 0 Å². The van der Waals surface area contributed by atoms with Gasteiger partial charge in [-0.2, -0.15) is 0 Å². The average molecular weight is 241 g/mol. The number of hydrogen-bond acceptors (Lipinski definition) is 4. The maximum Gasteiger partial charge on any atom is 0.335 e. The quantitative estimate of drug-likeness (QED) is 0.748. The van der Waals surface area contributed by atoms with E-state index < -0.39 is 0 Å². The normalized spacial score (nSPS) is 13.1. The standard InChI is InChI=1S/C13H11N3O2/c1-18-13(17)10-7-11-12(14-15-16(11)8-10)9-5-3-2-4-6-9/h2-7H,8H2,1H3. The number of rotatable bonds is 2. The number of nitrogens with zero attached hydrogens (tertiary/aromatic N) is 3. The number of methoxy groups -OCH3 is 1. The number of fused-ring (bicyclic) bond motifs is 1. The summed E-state index contributed by atoms with van der Waals surface area (Å²) < 4.78 is 6.41. The van der Waals surface area contributed by atoms with Crippen LogP contribution in [-0.4, -0.2) is 28.1 Å². The fourth-order valence-electron chi connectivity index (χ4n) is 2.01. The lowest BCUT2D eigenvalue weighted by Crippen LogP contribution is -2.08. The van der Waals surface area contributed by atoms with Crippen LogP contribution in [-0.2, 0) is 16.1 Å². The summed E-state index contributed by atoms with van der Waals surface area (Å²) in [6, 6.07) is 9.77. The molecule has 90 valence electrons. The Balaban J connectivity index is 2.03. The predicted molar refractivity (Wildman–Crippen MR) is 65.5 cm³/mol. The molecular formula is C13H11N3O2. The number of aromatic nitrogens is 3. The summed E-state index contributed by atoms with van der Waals surface area (Å²) in [6.45, 7) is 0.418. The molecule has 5 nitrogen and oxygen atoms in total. The van der Waals surface area contributed by atoms with Crippen molar-refractivity contribution < 1.29 is 9.53 Å². The van der Waals surface area contributed by atoms with Crippen molar-refractivity contribution in [2.45, 2.75) is 6.54 Å². The fourth-order valence-corrected chi connectivity index (χ4v) is 2.01. The van der Waals surface area contributed by atoms with E-state index in [-0.39, 0.29) is 5.97 Å². The van der Waals surface area contributed by atoms with E-state index >= 15 is 0 Å². The minimum atomic E-state index is -0.320. The van der Waals surface area contributed by atoms with Crippen molar-refractivity contribution in [1.29, 1.82) is 0 Å². The van der Waals surface area contributed by atoms with E-state index in [0.29, 0.717) is 12.1 Å². The van der Waals surface area contributed by atoms with Gasteiger partial charge in [-0.05, 0) is 6.08 Å². The van der Waals surface area contributed by atoms with Crippen molar-refractivity contribution in [3.8, 4) is 11.3 Å². The van der Waals surface area contributed by atoms with Gasteiger partial charge in [-0.25, -0.2) is 9.48 Å². The molecule has 2 heterocycles. The summed E-state index contributed by atoms with van der Waals surface area (Å²) in [4.78, 5) is 11.5. The Morgan fingerprint density at radius 2 is 2.11 bits per heavy atom. The number of carbonyl (C=O) groups is 1. The molecule has 3 rings (SSSR count). The number of benzene rings is 1. The Kier molecular flexibility index (Phi) is 2.44. The summed E-state index contributed by atoms with van der Waals surface area (Å²) in [5, 5.41) is 8.19. The van der Waals surface area contributed by atoms with Crippen LogP contribution in [0.1, 0.15) is 5.69 Å². The second-order valence-electron chi connectivity index (χ2n) is 4.01. The van der Waals surface area contributed by atoms with Crippen LogP contribution in [0.4, 0.5) is 0 Å². The van der Waals surface area contributed by atoms with Gasteiger partial charge in [-0.3, -0.25) is 0 Å². The van der Waals surface area contributed by atoms with Crippen molar-refractivity contribution in [2.24, 2.45) is 0 Å². The third-order valence-electron chi connectivity index (χ3n) is 2.90. The van der Waals surface area contributed by atoms with Crippen LogP contribution < -0.4 is 0 Å². The Morgan fingerprint density at radius 3 is 2.83 bits per heavy atom. The molecule has 0 aliphatic carbocycles. The van der Waals surface area contributed by atoms with E-state index in [4.69, 9.17) is 4.74 Å². The molecule has 0 amide bonds. The second-order valence-corrected chi connectivity index (χ2v) is 4.01. The van der Waals surface area contributed by atoms with Gasteiger partial charge < -0.3 is 4.74 Å². The van der Waals surface area contributed by atoms with E-state index in [1.807, 2.05) is 30.3 Å². The average Bonchev–Trinajstić information content (AvgIpc) is 2.98. The molecule has 1 aromatic heterocycles. The highest BCUT2D eigenvalue weighted by atomic mass is 16.5. The van der Waals surface area contributed by atoms with Crippen molar-refractivity contribution >= 4 is 12.0 Å². The Bertz CT molecular complexity index is 629. The highest BCUT2D eigenvalue weighted by Crippen LogP contribution is 2.27. The van der Waals surface area contributed by atoms with Gasteiger partial charge in [0.1, 0.15) is 5.69 Å². The summed E-state index contributed by atoms with van der Waals surface area (Å²) in [5.74, 6) is -0.320. The zero-order chi connectivity index (χ0) is 12.5. The fraction of sp³-hybridized carbons (Fsp3) is 0.154. The van der Waals surface area contributed by atoms with E-state index in [2.05, 4.69) is 10.3 Å². The van der Waals surface area contributed by atoms with Crippen LogP contribution in [0.15, 0.2) is 35.9 Å². The molecule has 0 saturated heterocycles. The summed E-state index contributed by atoms with van der Waals surface area (Å²) in [5.41, 5.74) is 3.22. The van der Waals surface area contributed by atoms with E-state index in [9.17, 15) is 4.79 Å². The van der Waals surface area contributed by atoms with Crippen LogP contribution in [0, 0.1) is 0 Å². The highest BCUT2D eigenvalue weighted by Gasteiger charge is 2.23. The minimum Gasteiger partial charge on any atom is -0.466 e. The van der Waals surface area contributed by atoms with Gasteiger partial charge in [0.05, 0.1) is 24.9 Å². The molecule has 18 heavy (non-hydrogen) atoms. The van der Waals surface area contributed by atoms with Gasteiger partial charge in [-0.15, -0.1) is 5.10 Å². The van der Waals surface area contributed by atoms with Crippen molar-refractivity contribution in [3.63, 3.8) is 0 Å². The third kappa shape index (κ3) is 1.60. The third-order valence-corrected chi connectivity index (χ3v) is 2.90. The molecule has 0 saturated carbocycles. The molecule has 0 unspecified atom stereocenters. The lowest BCUT2D eigenvalue weighted by molar-refractivity contribution is -0.136. The van der Waals surface area contributed by atoms with Crippen LogP contribution in [0.25, 0.3) is 17.3 Å². The summed E-state index contributed by atoms with van der Waals surface area (Å²) >= 11 is 0. The Morgan fingerprint density at radius 1 is 1.33 bits per heavy atom. The molecule has 1 aliphatic rings. The van der Waals surface area contributed by atoms with Gasteiger partial charge in [0, 0.05) is 5.56 Å². The summed E-state index contributed by atoms with van der Waals surface area (Å²) in [6.07, 6.45) is 1.79. The van der Waals surface area contributed by atoms with Crippen LogP contribution in [0.5, 0.6) is 0 Å². The molecule has 0 spiro atoms. The molecule has 0 fully saturated rings. The maximum absolute atomic E-state index is 11.5. The largest absolute Gasteiger partial charge is 0.466 e. The first-order chi connectivity index (χ1) is 8.79. The maximum atomic E-state index is 11.5. The number of hydrogen-bond donors (Lipinski definition) is 0. The van der Waals surface area contributed by atoms with Gasteiger partial charge in [0.2, 0.25) is 0 Å². The van der Waals surface area contributed by atoms with Gasteiger partial charge in [0.15, 0.2) is 0 Å². The van der Waals surface area contributed by atoms with Crippen molar-refractivity contribution in [2.75, 3.05) is 7.11 Å². The lowest BCUT2D eigenvalue weighted by Gasteiger charge is -1.97. The second kappa shape index (κ2) is 4.10. The molecule has 0 bridgehead atoms. The Hall–Kier alpha value is -2.43. The smallest absolute Gasteiger partial charge is 0.335 e. The van der Waals surface area contributed by atoms with Crippen LogP contribution in [0.2, 0.25) is 0 Å². The molecule has 0 N–H and O–H groups in total.